The second kappa shape index (κ2) is 5.33. The molecule has 2 atom stereocenters. The highest BCUT2D eigenvalue weighted by Gasteiger charge is 2.42. The van der Waals surface area contributed by atoms with Crippen LogP contribution in [0.2, 0.25) is 0 Å². The van der Waals surface area contributed by atoms with Crippen LogP contribution in [0.25, 0.3) is 0 Å². The molecule has 19 heavy (non-hydrogen) atoms. The van der Waals surface area contributed by atoms with Gasteiger partial charge in [-0.15, -0.1) is 0 Å². The topological polar surface area (TPSA) is 29.5 Å². The van der Waals surface area contributed by atoms with Crippen molar-refractivity contribution in [1.29, 1.82) is 0 Å². The number of carbonyl (C=O) groups excluding carboxylic acids is 1. The van der Waals surface area contributed by atoms with Crippen LogP contribution in [0.4, 0.5) is 0 Å². The van der Waals surface area contributed by atoms with E-state index in [9.17, 15) is 4.79 Å². The van der Waals surface area contributed by atoms with Gasteiger partial charge >= 0.3 is 5.97 Å². The van der Waals surface area contributed by atoms with Crippen LogP contribution in [-0.2, 0) is 16.1 Å². The number of rotatable bonds is 3. The Bertz CT molecular complexity index is 431. The molecule has 0 saturated carbocycles. The number of hydrogen-bond donors (Lipinski definition) is 0. The van der Waals surface area contributed by atoms with E-state index in [-0.39, 0.29) is 11.9 Å². The molecule has 1 aromatic carbocycles. The molecule has 3 heteroatoms. The fraction of sp³-hybridized carbons (Fsp3) is 0.562. The summed E-state index contributed by atoms with van der Waals surface area (Å²) in [5.41, 5.74) is 1.37. The molecule has 2 unspecified atom stereocenters. The Kier molecular flexibility index (Phi) is 3.56. The van der Waals surface area contributed by atoms with Gasteiger partial charge < -0.3 is 4.74 Å². The summed E-state index contributed by atoms with van der Waals surface area (Å²) in [4.78, 5) is 14.3. The number of piperidine rings is 1. The van der Waals surface area contributed by atoms with Crippen LogP contribution in [0.15, 0.2) is 30.3 Å². The van der Waals surface area contributed by atoms with Gasteiger partial charge in [0.15, 0.2) is 0 Å². The summed E-state index contributed by atoms with van der Waals surface area (Å²) >= 11 is 0. The van der Waals surface area contributed by atoms with Crippen molar-refractivity contribution in [3.05, 3.63) is 35.9 Å². The highest BCUT2D eigenvalue weighted by molar-refractivity contribution is 5.72. The first-order valence-electron chi connectivity index (χ1n) is 7.15. The van der Waals surface area contributed by atoms with Gasteiger partial charge in [-0.1, -0.05) is 30.3 Å². The minimum Gasteiger partial charge on any atom is -0.469 e. The molecule has 1 aromatic rings. The van der Waals surface area contributed by atoms with E-state index in [1.54, 1.807) is 0 Å². The van der Waals surface area contributed by atoms with Crippen molar-refractivity contribution < 1.29 is 9.53 Å². The lowest BCUT2D eigenvalue weighted by Gasteiger charge is -2.38. The number of methoxy groups -OCH3 is 1. The van der Waals surface area contributed by atoms with Gasteiger partial charge in [-0.3, -0.25) is 9.69 Å². The average molecular weight is 259 g/mol. The fourth-order valence-electron chi connectivity index (χ4n) is 3.69. The molecule has 3 rings (SSSR count). The molecule has 2 aliphatic rings. The molecule has 2 fully saturated rings. The monoisotopic (exact) mass is 259 g/mol. The van der Waals surface area contributed by atoms with Gasteiger partial charge in [0.25, 0.3) is 0 Å². The summed E-state index contributed by atoms with van der Waals surface area (Å²) in [7, 11) is 1.50. The summed E-state index contributed by atoms with van der Waals surface area (Å²) in [6.45, 7) is 1.02. The minimum atomic E-state index is -0.0174. The van der Waals surface area contributed by atoms with Crippen molar-refractivity contribution in [2.24, 2.45) is 5.92 Å². The number of fused-ring (bicyclic) bond motifs is 2. The van der Waals surface area contributed by atoms with Gasteiger partial charge in [-0.2, -0.15) is 0 Å². The van der Waals surface area contributed by atoms with Crippen LogP contribution in [0.3, 0.4) is 0 Å². The van der Waals surface area contributed by atoms with E-state index in [4.69, 9.17) is 4.74 Å². The van der Waals surface area contributed by atoms with Gasteiger partial charge in [0.05, 0.1) is 13.0 Å². The Balaban J connectivity index is 1.68. The lowest BCUT2D eigenvalue weighted by Crippen LogP contribution is -2.44. The standard InChI is InChI=1S/C16H21NO2/c1-19-16(18)13-9-14-7-8-15(10-13)17(14)11-12-5-3-2-4-6-12/h2-6,13-15H,7-11H2,1H3. The largest absolute Gasteiger partial charge is 0.469 e. The average Bonchev–Trinajstić information content (AvgIpc) is 2.69. The normalized spacial score (nSPS) is 30.3. The van der Waals surface area contributed by atoms with E-state index in [1.807, 2.05) is 0 Å². The maximum Gasteiger partial charge on any atom is 0.308 e. The van der Waals surface area contributed by atoms with Crippen molar-refractivity contribution in [2.75, 3.05) is 7.11 Å². The molecular formula is C16H21NO2. The molecule has 102 valence electrons. The summed E-state index contributed by atoms with van der Waals surface area (Å²) in [5, 5.41) is 0. The Morgan fingerprint density at radius 3 is 2.42 bits per heavy atom. The molecule has 2 bridgehead atoms. The zero-order valence-corrected chi connectivity index (χ0v) is 11.4. The number of ether oxygens (including phenoxy) is 1. The molecule has 0 spiro atoms. The first-order chi connectivity index (χ1) is 9.28. The number of nitrogens with zero attached hydrogens (tertiary/aromatic N) is 1. The van der Waals surface area contributed by atoms with Gasteiger partial charge in [0, 0.05) is 18.6 Å². The van der Waals surface area contributed by atoms with Crippen LogP contribution in [0.1, 0.15) is 31.2 Å². The van der Waals surface area contributed by atoms with E-state index < -0.39 is 0 Å². The Labute approximate surface area is 114 Å². The van der Waals surface area contributed by atoms with Crippen LogP contribution >= 0.6 is 0 Å². The van der Waals surface area contributed by atoms with Crippen LogP contribution in [-0.4, -0.2) is 30.1 Å². The first-order valence-corrected chi connectivity index (χ1v) is 7.15. The molecule has 2 aliphatic heterocycles. The predicted molar refractivity (Wildman–Crippen MR) is 73.5 cm³/mol. The zero-order valence-electron chi connectivity index (χ0n) is 11.4. The van der Waals surface area contributed by atoms with E-state index in [0.717, 1.165) is 19.4 Å². The zero-order chi connectivity index (χ0) is 13.2. The smallest absolute Gasteiger partial charge is 0.308 e. The highest BCUT2D eigenvalue weighted by Crippen LogP contribution is 2.39. The van der Waals surface area contributed by atoms with Gasteiger partial charge in [0.1, 0.15) is 0 Å². The van der Waals surface area contributed by atoms with Crippen LogP contribution in [0, 0.1) is 5.92 Å². The molecule has 0 aromatic heterocycles. The molecule has 0 aliphatic carbocycles. The second-order valence-corrected chi connectivity index (χ2v) is 5.73. The van der Waals surface area contributed by atoms with Gasteiger partial charge in [-0.05, 0) is 31.2 Å². The molecule has 0 radical (unpaired) electrons. The van der Waals surface area contributed by atoms with E-state index in [2.05, 4.69) is 35.2 Å². The number of hydrogen-bond acceptors (Lipinski definition) is 3. The van der Waals surface area contributed by atoms with Crippen molar-refractivity contribution in [1.82, 2.24) is 4.90 Å². The van der Waals surface area contributed by atoms with Crippen LogP contribution < -0.4 is 0 Å². The Morgan fingerprint density at radius 1 is 1.21 bits per heavy atom. The Morgan fingerprint density at radius 2 is 1.84 bits per heavy atom. The summed E-state index contributed by atoms with van der Waals surface area (Å²) < 4.78 is 4.91. The minimum absolute atomic E-state index is 0.0174. The van der Waals surface area contributed by atoms with E-state index in [1.165, 1.54) is 25.5 Å². The predicted octanol–water partition coefficient (Wildman–Crippen LogP) is 2.60. The molecule has 3 nitrogen and oxygen atoms in total. The highest BCUT2D eigenvalue weighted by atomic mass is 16.5. The maximum absolute atomic E-state index is 11.7. The fourth-order valence-corrected chi connectivity index (χ4v) is 3.69. The van der Waals surface area contributed by atoms with E-state index in [0.29, 0.717) is 12.1 Å². The van der Waals surface area contributed by atoms with Crippen molar-refractivity contribution >= 4 is 5.97 Å². The molecule has 2 saturated heterocycles. The summed E-state index contributed by atoms with van der Waals surface area (Å²) in [6.07, 6.45) is 4.39. The van der Waals surface area contributed by atoms with Crippen molar-refractivity contribution in [3.63, 3.8) is 0 Å². The molecule has 0 N–H and O–H groups in total. The van der Waals surface area contributed by atoms with Crippen LogP contribution in [0.5, 0.6) is 0 Å². The van der Waals surface area contributed by atoms with Crippen molar-refractivity contribution in [2.45, 2.75) is 44.3 Å². The Hall–Kier alpha value is -1.35. The number of carbonyl (C=O) groups is 1. The molecular weight excluding hydrogens is 238 g/mol. The quantitative estimate of drug-likeness (QED) is 0.781. The molecule has 2 heterocycles. The lowest BCUT2D eigenvalue weighted by atomic mass is 9.90. The first kappa shape index (κ1) is 12.7. The lowest BCUT2D eigenvalue weighted by molar-refractivity contribution is -0.148. The summed E-state index contributed by atoms with van der Waals surface area (Å²) in [6, 6.07) is 11.7. The number of esters is 1. The maximum atomic E-state index is 11.7. The van der Waals surface area contributed by atoms with Gasteiger partial charge in [-0.25, -0.2) is 0 Å². The van der Waals surface area contributed by atoms with Gasteiger partial charge in [0.2, 0.25) is 0 Å². The third kappa shape index (κ3) is 2.52. The number of benzene rings is 1. The summed E-state index contributed by atoms with van der Waals surface area (Å²) in [5.74, 6) is 0.103. The third-order valence-corrected chi connectivity index (χ3v) is 4.63. The second-order valence-electron chi connectivity index (χ2n) is 5.73. The van der Waals surface area contributed by atoms with E-state index >= 15 is 0 Å². The molecule has 0 amide bonds. The van der Waals surface area contributed by atoms with Crippen molar-refractivity contribution in [3.8, 4) is 0 Å². The third-order valence-electron chi connectivity index (χ3n) is 4.63. The SMILES string of the molecule is COC(=O)C1CC2CCC(C1)N2Cc1ccccc1.